The van der Waals surface area contributed by atoms with Gasteiger partial charge in [0.2, 0.25) is 0 Å². The third kappa shape index (κ3) is 3.23. The van der Waals surface area contributed by atoms with Crippen molar-refractivity contribution in [1.29, 1.82) is 0 Å². The predicted octanol–water partition coefficient (Wildman–Crippen LogP) is 1.11. The fourth-order valence-electron chi connectivity index (χ4n) is 1.97. The van der Waals surface area contributed by atoms with E-state index in [1.54, 1.807) is 12.1 Å². The van der Waals surface area contributed by atoms with Gasteiger partial charge in [-0.1, -0.05) is 0 Å². The van der Waals surface area contributed by atoms with Gasteiger partial charge in [-0.05, 0) is 31.4 Å². The second kappa shape index (κ2) is 5.72. The molecule has 0 amide bonds. The van der Waals surface area contributed by atoms with Crippen molar-refractivity contribution in [2.75, 3.05) is 19.6 Å². The average molecular weight is 237 g/mol. The van der Waals surface area contributed by atoms with Crippen molar-refractivity contribution < 1.29 is 9.52 Å². The molecule has 3 N–H and O–H groups in total. The lowest BCUT2D eigenvalue weighted by atomic mass is 10.1. The van der Waals surface area contributed by atoms with Crippen LogP contribution in [0.2, 0.25) is 0 Å². The van der Waals surface area contributed by atoms with Crippen LogP contribution in [0, 0.1) is 0 Å². The first-order valence-corrected chi connectivity index (χ1v) is 6.03. The zero-order chi connectivity index (χ0) is 12.1. The molecule has 1 aromatic rings. The monoisotopic (exact) mass is 237 g/mol. The van der Waals surface area contributed by atoms with Gasteiger partial charge >= 0.3 is 0 Å². The molecule has 1 aliphatic rings. The highest BCUT2D eigenvalue weighted by Crippen LogP contribution is 2.13. The van der Waals surface area contributed by atoms with E-state index in [2.05, 4.69) is 9.89 Å². The molecule has 5 nitrogen and oxygen atoms in total. The quantitative estimate of drug-likeness (QED) is 0.610. The van der Waals surface area contributed by atoms with E-state index in [9.17, 15) is 5.11 Å². The first-order valence-electron chi connectivity index (χ1n) is 6.03. The zero-order valence-corrected chi connectivity index (χ0v) is 9.88. The van der Waals surface area contributed by atoms with Gasteiger partial charge in [0.15, 0.2) is 5.96 Å². The van der Waals surface area contributed by atoms with E-state index in [0.717, 1.165) is 25.9 Å². The second-order valence-corrected chi connectivity index (χ2v) is 4.28. The zero-order valence-electron chi connectivity index (χ0n) is 9.88. The number of likely N-dealkylation sites (tertiary alicyclic amines) is 1. The van der Waals surface area contributed by atoms with Gasteiger partial charge in [-0.2, -0.15) is 0 Å². The Kier molecular flexibility index (Phi) is 4.03. The van der Waals surface area contributed by atoms with Crippen LogP contribution in [0.1, 0.15) is 31.1 Å². The van der Waals surface area contributed by atoms with E-state index in [4.69, 9.17) is 10.2 Å². The Labute approximate surface area is 101 Å². The van der Waals surface area contributed by atoms with E-state index < -0.39 is 6.10 Å². The summed E-state index contributed by atoms with van der Waals surface area (Å²) < 4.78 is 5.10. The lowest BCUT2D eigenvalue weighted by Crippen LogP contribution is -2.41. The first kappa shape index (κ1) is 12.0. The molecule has 0 aliphatic carbocycles. The molecule has 1 aliphatic heterocycles. The molecule has 0 bridgehead atoms. The van der Waals surface area contributed by atoms with Gasteiger partial charge in [0, 0.05) is 13.1 Å². The van der Waals surface area contributed by atoms with Crippen LogP contribution in [-0.2, 0) is 0 Å². The van der Waals surface area contributed by atoms with Crippen molar-refractivity contribution >= 4 is 5.96 Å². The van der Waals surface area contributed by atoms with Gasteiger partial charge in [0.1, 0.15) is 11.9 Å². The third-order valence-electron chi connectivity index (χ3n) is 2.98. The lowest BCUT2D eigenvalue weighted by Gasteiger charge is -2.27. The van der Waals surface area contributed by atoms with E-state index >= 15 is 0 Å². The lowest BCUT2D eigenvalue weighted by molar-refractivity contribution is 0.158. The summed E-state index contributed by atoms with van der Waals surface area (Å²) in [7, 11) is 0. The number of furan rings is 1. The fraction of sp³-hybridized carbons (Fsp3) is 0.583. The summed E-state index contributed by atoms with van der Waals surface area (Å²) in [5, 5.41) is 9.78. The molecule has 0 radical (unpaired) electrons. The Morgan fingerprint density at radius 1 is 1.47 bits per heavy atom. The Hall–Kier alpha value is -1.49. The molecule has 0 aromatic carbocycles. The minimum atomic E-state index is -0.714. The van der Waals surface area contributed by atoms with Crippen molar-refractivity contribution in [3.05, 3.63) is 24.2 Å². The second-order valence-electron chi connectivity index (χ2n) is 4.28. The summed E-state index contributed by atoms with van der Waals surface area (Å²) in [5.74, 6) is 1.05. The number of hydrogen-bond donors (Lipinski definition) is 2. The standard InChI is InChI=1S/C12H19N3O2/c13-12(15-6-2-1-3-7-15)14-9-10(16)11-5-4-8-17-11/h4-5,8,10,16H,1-3,6-7,9H2,(H2,13,14). The normalized spacial score (nSPS) is 19.4. The van der Waals surface area contributed by atoms with Gasteiger partial charge in [0.05, 0.1) is 12.8 Å². The van der Waals surface area contributed by atoms with Crippen LogP contribution >= 0.6 is 0 Å². The maximum Gasteiger partial charge on any atom is 0.191 e. The highest BCUT2D eigenvalue weighted by molar-refractivity contribution is 5.78. The molecule has 1 atom stereocenters. The molecule has 1 saturated heterocycles. The Morgan fingerprint density at radius 3 is 2.88 bits per heavy atom. The van der Waals surface area contributed by atoms with E-state index in [1.165, 1.54) is 12.7 Å². The van der Waals surface area contributed by atoms with Crippen molar-refractivity contribution in [3.63, 3.8) is 0 Å². The number of guanidine groups is 1. The van der Waals surface area contributed by atoms with Gasteiger partial charge in [0.25, 0.3) is 0 Å². The first-order chi connectivity index (χ1) is 8.27. The van der Waals surface area contributed by atoms with Crippen molar-refractivity contribution in [2.45, 2.75) is 25.4 Å². The number of piperidine rings is 1. The van der Waals surface area contributed by atoms with Crippen LogP contribution in [0.4, 0.5) is 0 Å². The molecule has 17 heavy (non-hydrogen) atoms. The number of hydrogen-bond acceptors (Lipinski definition) is 3. The molecule has 2 heterocycles. The van der Waals surface area contributed by atoms with Gasteiger partial charge in [-0.3, -0.25) is 4.99 Å². The number of aliphatic hydroxyl groups is 1. The van der Waals surface area contributed by atoms with Gasteiger partial charge < -0.3 is 20.2 Å². The van der Waals surface area contributed by atoms with E-state index in [0.29, 0.717) is 11.7 Å². The maximum absolute atomic E-state index is 9.78. The maximum atomic E-state index is 9.78. The third-order valence-corrected chi connectivity index (χ3v) is 2.98. The van der Waals surface area contributed by atoms with Crippen LogP contribution in [0.15, 0.2) is 27.8 Å². The highest BCUT2D eigenvalue weighted by atomic mass is 16.4. The molecule has 0 saturated carbocycles. The minimum absolute atomic E-state index is 0.246. The summed E-state index contributed by atoms with van der Waals surface area (Å²) in [6, 6.07) is 3.48. The van der Waals surface area contributed by atoms with Crippen molar-refractivity contribution in [1.82, 2.24) is 4.90 Å². The molecule has 1 aromatic heterocycles. The Morgan fingerprint density at radius 2 is 2.24 bits per heavy atom. The van der Waals surface area contributed by atoms with Crippen molar-refractivity contribution in [2.24, 2.45) is 10.7 Å². The van der Waals surface area contributed by atoms with Crippen LogP contribution in [0.25, 0.3) is 0 Å². The number of rotatable bonds is 3. The Balaban J connectivity index is 1.86. The summed E-state index contributed by atoms with van der Waals surface area (Å²) in [6.07, 6.45) is 4.41. The number of aliphatic imine (C=N–C) groups is 1. The van der Waals surface area contributed by atoms with Gasteiger partial charge in [-0.15, -0.1) is 0 Å². The molecule has 1 fully saturated rings. The summed E-state index contributed by atoms with van der Waals surface area (Å²) in [4.78, 5) is 6.28. The predicted molar refractivity (Wildman–Crippen MR) is 65.6 cm³/mol. The fourth-order valence-corrected chi connectivity index (χ4v) is 1.97. The number of nitrogens with zero attached hydrogens (tertiary/aromatic N) is 2. The van der Waals surface area contributed by atoms with Gasteiger partial charge in [-0.25, -0.2) is 0 Å². The summed E-state index contributed by atoms with van der Waals surface area (Å²) >= 11 is 0. The van der Waals surface area contributed by atoms with Crippen LogP contribution in [-0.4, -0.2) is 35.6 Å². The van der Waals surface area contributed by atoms with E-state index in [-0.39, 0.29) is 6.54 Å². The Bertz CT molecular complexity index is 356. The SMILES string of the molecule is NC(=NCC(O)c1ccco1)N1CCCCC1. The smallest absolute Gasteiger partial charge is 0.191 e. The van der Waals surface area contributed by atoms with Crippen LogP contribution < -0.4 is 5.73 Å². The summed E-state index contributed by atoms with van der Waals surface area (Å²) in [6.45, 7) is 2.17. The molecule has 2 rings (SSSR count). The number of nitrogens with two attached hydrogens (primary N) is 1. The molecule has 1 unspecified atom stereocenters. The number of aliphatic hydroxyl groups excluding tert-OH is 1. The summed E-state index contributed by atoms with van der Waals surface area (Å²) in [5.41, 5.74) is 5.88. The van der Waals surface area contributed by atoms with Crippen LogP contribution in [0.3, 0.4) is 0 Å². The minimum Gasteiger partial charge on any atom is -0.467 e. The average Bonchev–Trinajstić information content (AvgIpc) is 2.90. The largest absolute Gasteiger partial charge is 0.467 e. The molecular formula is C12H19N3O2. The van der Waals surface area contributed by atoms with Crippen LogP contribution in [0.5, 0.6) is 0 Å². The topological polar surface area (TPSA) is 75.0 Å². The highest BCUT2D eigenvalue weighted by Gasteiger charge is 2.13. The molecule has 0 spiro atoms. The molecular weight excluding hydrogens is 218 g/mol. The molecule has 94 valence electrons. The molecule has 5 heteroatoms. The van der Waals surface area contributed by atoms with E-state index in [1.807, 2.05) is 0 Å². The van der Waals surface area contributed by atoms with Crippen molar-refractivity contribution in [3.8, 4) is 0 Å².